The molecule has 0 radical (unpaired) electrons. The molecule has 1 saturated carbocycles. The highest BCUT2D eigenvalue weighted by Crippen LogP contribution is 2.45. The van der Waals surface area contributed by atoms with Gasteiger partial charge in [0.15, 0.2) is 0 Å². The fourth-order valence-corrected chi connectivity index (χ4v) is 1.94. The van der Waals surface area contributed by atoms with Crippen molar-refractivity contribution in [1.29, 1.82) is 0 Å². The molecule has 0 bridgehead atoms. The third kappa shape index (κ3) is 0.870. The quantitative estimate of drug-likeness (QED) is 0.504. The van der Waals surface area contributed by atoms with Gasteiger partial charge in [-0.25, -0.2) is 0 Å². The molecule has 2 nitrogen and oxygen atoms in total. The molecule has 2 heteroatoms. The minimum Gasteiger partial charge on any atom is -0.381 e. The van der Waals surface area contributed by atoms with Crippen LogP contribution < -0.4 is 0 Å². The molecule has 1 heterocycles. The van der Waals surface area contributed by atoms with Gasteiger partial charge in [0.25, 0.3) is 0 Å². The van der Waals surface area contributed by atoms with Crippen molar-refractivity contribution in [1.82, 2.24) is 0 Å². The summed E-state index contributed by atoms with van der Waals surface area (Å²) in [6, 6.07) is 0. The molecule has 0 aromatic heterocycles. The summed E-state index contributed by atoms with van der Waals surface area (Å²) in [7, 11) is 0. The van der Waals surface area contributed by atoms with Crippen LogP contribution in [0.15, 0.2) is 0 Å². The lowest BCUT2D eigenvalue weighted by Gasteiger charge is -2.43. The van der Waals surface area contributed by atoms with Gasteiger partial charge in [-0.1, -0.05) is 0 Å². The molecular formula is C8H12O2. The van der Waals surface area contributed by atoms with Crippen LogP contribution in [0.1, 0.15) is 25.7 Å². The van der Waals surface area contributed by atoms with E-state index in [2.05, 4.69) is 0 Å². The summed E-state index contributed by atoms with van der Waals surface area (Å²) in [5.41, 5.74) is 0.398. The second-order valence-corrected chi connectivity index (χ2v) is 3.50. The highest BCUT2D eigenvalue weighted by atomic mass is 16.5. The van der Waals surface area contributed by atoms with Gasteiger partial charge in [0.1, 0.15) is 5.78 Å². The minimum absolute atomic E-state index is 0.398. The van der Waals surface area contributed by atoms with Crippen LogP contribution in [0, 0.1) is 5.41 Å². The average molecular weight is 140 g/mol. The Morgan fingerprint density at radius 3 is 2.30 bits per heavy atom. The molecule has 56 valence electrons. The lowest BCUT2D eigenvalue weighted by atomic mass is 9.63. The number of carbonyl (C=O) groups excluding carboxylic acids is 1. The number of ether oxygens (including phenoxy) is 1. The first-order valence-corrected chi connectivity index (χ1v) is 3.90. The van der Waals surface area contributed by atoms with Crippen LogP contribution in [-0.2, 0) is 9.53 Å². The minimum atomic E-state index is 0.398. The van der Waals surface area contributed by atoms with E-state index >= 15 is 0 Å². The molecule has 0 unspecified atom stereocenters. The topological polar surface area (TPSA) is 26.3 Å². The first kappa shape index (κ1) is 6.35. The lowest BCUT2D eigenvalue weighted by molar-refractivity contribution is -0.138. The maximum atomic E-state index is 10.7. The highest BCUT2D eigenvalue weighted by Gasteiger charge is 2.43. The van der Waals surface area contributed by atoms with Crippen LogP contribution in [0.3, 0.4) is 0 Å². The zero-order valence-corrected chi connectivity index (χ0v) is 6.06. The van der Waals surface area contributed by atoms with Gasteiger partial charge in [-0.15, -0.1) is 0 Å². The monoisotopic (exact) mass is 140 g/mol. The molecule has 0 aromatic rings. The lowest BCUT2D eigenvalue weighted by Crippen LogP contribution is -2.41. The summed E-state index contributed by atoms with van der Waals surface area (Å²) in [5.74, 6) is 0.446. The molecule has 0 N–H and O–H groups in total. The van der Waals surface area contributed by atoms with Crippen LogP contribution in [0.5, 0.6) is 0 Å². The van der Waals surface area contributed by atoms with E-state index in [9.17, 15) is 4.79 Å². The van der Waals surface area contributed by atoms with E-state index in [1.165, 1.54) is 0 Å². The Hall–Kier alpha value is -0.370. The fraction of sp³-hybridized carbons (Fsp3) is 0.875. The van der Waals surface area contributed by atoms with Gasteiger partial charge in [-0.3, -0.25) is 4.79 Å². The third-order valence-corrected chi connectivity index (χ3v) is 2.70. The number of hydrogen-bond acceptors (Lipinski definition) is 2. The summed E-state index contributed by atoms with van der Waals surface area (Å²) in [6.07, 6.45) is 3.88. The smallest absolute Gasteiger partial charge is 0.134 e. The van der Waals surface area contributed by atoms with Crippen LogP contribution in [0.2, 0.25) is 0 Å². The van der Waals surface area contributed by atoms with Crippen molar-refractivity contribution in [3.63, 3.8) is 0 Å². The predicted molar refractivity (Wildman–Crippen MR) is 36.7 cm³/mol. The number of hydrogen-bond donors (Lipinski definition) is 0. The molecule has 1 aliphatic heterocycles. The Morgan fingerprint density at radius 2 is 1.80 bits per heavy atom. The average Bonchev–Trinajstić information content (AvgIpc) is 1.87. The molecule has 2 aliphatic rings. The first-order valence-electron chi connectivity index (χ1n) is 3.90. The van der Waals surface area contributed by atoms with E-state index in [0.717, 1.165) is 38.9 Å². The Balaban J connectivity index is 1.96. The molecule has 0 aromatic carbocycles. The summed E-state index contributed by atoms with van der Waals surface area (Å²) < 4.78 is 5.22. The van der Waals surface area contributed by atoms with Gasteiger partial charge in [0.2, 0.25) is 0 Å². The largest absolute Gasteiger partial charge is 0.381 e. The van der Waals surface area contributed by atoms with Gasteiger partial charge in [0, 0.05) is 26.1 Å². The van der Waals surface area contributed by atoms with Crippen LogP contribution in [0.4, 0.5) is 0 Å². The molecule has 2 rings (SSSR count). The highest BCUT2D eigenvalue weighted by molar-refractivity contribution is 5.86. The van der Waals surface area contributed by atoms with Crippen LogP contribution in [0.25, 0.3) is 0 Å². The molecule has 10 heavy (non-hydrogen) atoms. The van der Waals surface area contributed by atoms with Crippen molar-refractivity contribution >= 4 is 5.78 Å². The summed E-state index contributed by atoms with van der Waals surface area (Å²) >= 11 is 0. The first-order chi connectivity index (χ1) is 4.81. The Kier molecular flexibility index (Phi) is 1.31. The zero-order valence-electron chi connectivity index (χ0n) is 6.06. The third-order valence-electron chi connectivity index (χ3n) is 2.70. The summed E-state index contributed by atoms with van der Waals surface area (Å²) in [5, 5.41) is 0. The van der Waals surface area contributed by atoms with Crippen molar-refractivity contribution < 1.29 is 9.53 Å². The van der Waals surface area contributed by atoms with E-state index in [1.807, 2.05) is 0 Å². The van der Waals surface area contributed by atoms with Crippen molar-refractivity contribution in [3.05, 3.63) is 0 Å². The Bertz CT molecular complexity index is 147. The number of rotatable bonds is 0. The SMILES string of the molecule is O=C1CC2(CCOCC2)C1. The molecule has 1 aliphatic carbocycles. The second kappa shape index (κ2) is 2.06. The number of carbonyl (C=O) groups is 1. The van der Waals surface area contributed by atoms with E-state index in [0.29, 0.717) is 11.2 Å². The van der Waals surface area contributed by atoms with Gasteiger partial charge in [-0.2, -0.15) is 0 Å². The van der Waals surface area contributed by atoms with E-state index in [-0.39, 0.29) is 0 Å². The maximum Gasteiger partial charge on any atom is 0.134 e. The van der Waals surface area contributed by atoms with Crippen LogP contribution in [-0.4, -0.2) is 19.0 Å². The standard InChI is InChI=1S/C8H12O2/c9-7-5-8(6-7)1-3-10-4-2-8/h1-6H2. The number of Topliss-reactive ketones (excluding diaryl/α,β-unsaturated/α-hetero) is 1. The fourth-order valence-electron chi connectivity index (χ4n) is 1.94. The molecule has 0 amide bonds. The Morgan fingerprint density at radius 1 is 1.20 bits per heavy atom. The van der Waals surface area contributed by atoms with Crippen molar-refractivity contribution in [3.8, 4) is 0 Å². The van der Waals surface area contributed by atoms with Crippen molar-refractivity contribution in [2.24, 2.45) is 5.41 Å². The van der Waals surface area contributed by atoms with Gasteiger partial charge >= 0.3 is 0 Å². The molecule has 1 spiro atoms. The maximum absolute atomic E-state index is 10.7. The molecular weight excluding hydrogens is 128 g/mol. The van der Waals surface area contributed by atoms with Crippen molar-refractivity contribution in [2.45, 2.75) is 25.7 Å². The predicted octanol–water partition coefficient (Wildman–Crippen LogP) is 1.15. The van der Waals surface area contributed by atoms with Gasteiger partial charge in [-0.05, 0) is 18.3 Å². The zero-order chi connectivity index (χ0) is 7.03. The molecule has 1 saturated heterocycles. The van der Waals surface area contributed by atoms with Gasteiger partial charge in [0.05, 0.1) is 0 Å². The van der Waals surface area contributed by atoms with Crippen molar-refractivity contribution in [2.75, 3.05) is 13.2 Å². The summed E-state index contributed by atoms with van der Waals surface area (Å²) in [4.78, 5) is 10.7. The number of ketones is 1. The Labute approximate surface area is 60.6 Å². The van der Waals surface area contributed by atoms with E-state index in [1.54, 1.807) is 0 Å². The molecule has 2 fully saturated rings. The van der Waals surface area contributed by atoms with E-state index < -0.39 is 0 Å². The molecule has 0 atom stereocenters. The van der Waals surface area contributed by atoms with E-state index in [4.69, 9.17) is 4.74 Å². The summed E-state index contributed by atoms with van der Waals surface area (Å²) in [6.45, 7) is 1.74. The second-order valence-electron chi connectivity index (χ2n) is 3.50. The van der Waals surface area contributed by atoms with Gasteiger partial charge < -0.3 is 4.74 Å². The normalized spacial score (nSPS) is 30.2. The van der Waals surface area contributed by atoms with Crippen LogP contribution >= 0.6 is 0 Å².